The summed E-state index contributed by atoms with van der Waals surface area (Å²) in [5, 5.41) is 10.5. The van der Waals surface area contributed by atoms with E-state index in [4.69, 9.17) is 10.5 Å². The molecular formula is C34H34IN3O2. The lowest BCUT2D eigenvalue weighted by Gasteiger charge is -2.44. The van der Waals surface area contributed by atoms with Gasteiger partial charge in [-0.2, -0.15) is 5.26 Å². The number of anilines is 1. The van der Waals surface area contributed by atoms with Crippen molar-refractivity contribution in [2.75, 3.05) is 4.90 Å². The number of rotatable bonds is 5. The first kappa shape index (κ1) is 28.0. The van der Waals surface area contributed by atoms with E-state index < -0.39 is 5.92 Å². The molecule has 0 saturated carbocycles. The molecule has 0 radical (unpaired) electrons. The molecular weight excluding hydrogens is 609 g/mol. The van der Waals surface area contributed by atoms with E-state index in [-0.39, 0.29) is 11.2 Å². The van der Waals surface area contributed by atoms with Crippen LogP contribution in [0.15, 0.2) is 83.3 Å². The van der Waals surface area contributed by atoms with Crippen molar-refractivity contribution in [3.8, 4) is 11.8 Å². The van der Waals surface area contributed by atoms with Crippen LogP contribution in [-0.2, 0) is 11.4 Å². The third-order valence-corrected chi connectivity index (χ3v) is 8.64. The van der Waals surface area contributed by atoms with Gasteiger partial charge in [-0.15, -0.1) is 0 Å². The molecule has 5 rings (SSSR count). The highest BCUT2D eigenvalue weighted by Crippen LogP contribution is 2.50. The maximum atomic E-state index is 13.9. The lowest BCUT2D eigenvalue weighted by atomic mass is 9.68. The summed E-state index contributed by atoms with van der Waals surface area (Å²) in [5.41, 5.74) is 14.7. The Hall–Kier alpha value is -3.57. The summed E-state index contributed by atoms with van der Waals surface area (Å²) in [5.74, 6) is 0.733. The fraction of sp³-hybridized carbons (Fsp3) is 0.294. The zero-order chi connectivity index (χ0) is 28.8. The first-order chi connectivity index (χ1) is 19.0. The van der Waals surface area contributed by atoms with E-state index in [1.54, 1.807) is 0 Å². The number of carbonyl (C=O) groups is 1. The van der Waals surface area contributed by atoms with Gasteiger partial charge in [0.25, 0.3) is 0 Å². The van der Waals surface area contributed by atoms with Gasteiger partial charge in [0.15, 0.2) is 5.78 Å². The van der Waals surface area contributed by atoms with E-state index in [2.05, 4.69) is 61.6 Å². The number of nitrogens with zero attached hydrogens (tertiary/aromatic N) is 2. The number of ketones is 1. The van der Waals surface area contributed by atoms with Crippen molar-refractivity contribution in [2.24, 2.45) is 11.1 Å². The van der Waals surface area contributed by atoms with E-state index in [1.807, 2.05) is 67.3 Å². The van der Waals surface area contributed by atoms with Crippen molar-refractivity contribution in [1.82, 2.24) is 0 Å². The minimum atomic E-state index is -0.526. The zero-order valence-corrected chi connectivity index (χ0v) is 25.8. The first-order valence-electron chi connectivity index (χ1n) is 13.5. The highest BCUT2D eigenvalue weighted by molar-refractivity contribution is 14.1. The quantitative estimate of drug-likeness (QED) is 0.288. The number of allylic oxidation sites excluding steroid dienone is 3. The molecule has 5 nitrogen and oxygen atoms in total. The predicted octanol–water partition coefficient (Wildman–Crippen LogP) is 7.74. The molecule has 1 unspecified atom stereocenters. The highest BCUT2D eigenvalue weighted by Gasteiger charge is 2.45. The van der Waals surface area contributed by atoms with Gasteiger partial charge in [-0.25, -0.2) is 0 Å². The molecule has 6 heteroatoms. The molecule has 3 aromatic carbocycles. The van der Waals surface area contributed by atoms with Crippen molar-refractivity contribution in [3.05, 3.63) is 115 Å². The van der Waals surface area contributed by atoms with Crippen molar-refractivity contribution < 1.29 is 9.53 Å². The number of hydrogen-bond acceptors (Lipinski definition) is 5. The zero-order valence-electron chi connectivity index (χ0n) is 23.6. The molecule has 204 valence electrons. The predicted molar refractivity (Wildman–Crippen MR) is 168 cm³/mol. The average Bonchev–Trinajstić information content (AvgIpc) is 2.89. The maximum Gasteiger partial charge on any atom is 0.162 e. The Morgan fingerprint density at radius 1 is 1.02 bits per heavy atom. The smallest absolute Gasteiger partial charge is 0.162 e. The SMILES string of the molecule is Cc1ccc(OCc2cc(C3C(C#N)=C(N)N(c4ccc(I)cc4)C4=C3C(=O)CC(C)(C)C4)c(C)cc2C)cc1. The van der Waals surface area contributed by atoms with E-state index in [0.717, 1.165) is 43.0 Å². The minimum Gasteiger partial charge on any atom is -0.489 e. The fourth-order valence-corrected chi connectivity index (χ4v) is 6.24. The number of carbonyl (C=O) groups excluding carboxylic acids is 1. The second-order valence-corrected chi connectivity index (χ2v) is 12.9. The number of nitrogens with two attached hydrogens (primary N) is 1. The number of Topliss-reactive ketones (excluding diaryl/α,β-unsaturated/α-hetero) is 1. The van der Waals surface area contributed by atoms with Gasteiger partial charge in [-0.05, 0) is 114 Å². The van der Waals surface area contributed by atoms with E-state index in [9.17, 15) is 10.1 Å². The molecule has 0 saturated heterocycles. The standard InChI is InChI=1S/C34H34IN3O2/c1-20-6-12-26(13-7-20)40-19-23-15-27(22(3)14-21(23)2)31-28(18-36)33(37)38(25-10-8-24(35)9-11-25)29-16-34(4,5)17-30(39)32(29)31/h6-15,31H,16-17,19,37H2,1-5H3. The topological polar surface area (TPSA) is 79.3 Å². The summed E-state index contributed by atoms with van der Waals surface area (Å²) in [6.07, 6.45) is 1.11. The second-order valence-electron chi connectivity index (χ2n) is 11.7. The molecule has 2 aliphatic rings. The summed E-state index contributed by atoms with van der Waals surface area (Å²) in [4.78, 5) is 15.9. The van der Waals surface area contributed by atoms with Gasteiger partial charge in [0.2, 0.25) is 0 Å². The summed E-state index contributed by atoms with van der Waals surface area (Å²) in [6.45, 7) is 10.8. The molecule has 2 N–H and O–H groups in total. The minimum absolute atomic E-state index is 0.0736. The van der Waals surface area contributed by atoms with E-state index >= 15 is 0 Å². The van der Waals surface area contributed by atoms with Crippen LogP contribution in [0.5, 0.6) is 5.75 Å². The van der Waals surface area contributed by atoms with Crippen molar-refractivity contribution in [1.29, 1.82) is 5.26 Å². The largest absolute Gasteiger partial charge is 0.489 e. The van der Waals surface area contributed by atoms with Crippen LogP contribution in [0.25, 0.3) is 0 Å². The highest BCUT2D eigenvalue weighted by atomic mass is 127. The summed E-state index contributed by atoms with van der Waals surface area (Å²) >= 11 is 2.27. The van der Waals surface area contributed by atoms with Crippen LogP contribution in [0.1, 0.15) is 60.4 Å². The summed E-state index contributed by atoms with van der Waals surface area (Å²) < 4.78 is 7.24. The van der Waals surface area contributed by atoms with Crippen molar-refractivity contribution >= 4 is 34.1 Å². The third-order valence-electron chi connectivity index (χ3n) is 7.92. The summed E-state index contributed by atoms with van der Waals surface area (Å²) in [6, 6.07) is 22.7. The molecule has 0 spiro atoms. The van der Waals surface area contributed by atoms with Gasteiger partial charge in [0.1, 0.15) is 18.2 Å². The van der Waals surface area contributed by atoms with E-state index in [1.165, 1.54) is 5.56 Å². The lowest BCUT2D eigenvalue weighted by molar-refractivity contribution is -0.118. The average molecular weight is 644 g/mol. The number of ether oxygens (including phenoxy) is 1. The van der Waals surface area contributed by atoms with Crippen molar-refractivity contribution in [3.63, 3.8) is 0 Å². The molecule has 0 aromatic heterocycles. The van der Waals surface area contributed by atoms with Crippen LogP contribution in [0.2, 0.25) is 0 Å². The number of halogens is 1. The molecule has 40 heavy (non-hydrogen) atoms. The first-order valence-corrected chi connectivity index (χ1v) is 14.6. The second kappa shape index (κ2) is 10.8. The number of aryl methyl sites for hydroxylation is 3. The van der Waals surface area contributed by atoms with Gasteiger partial charge in [0.05, 0.1) is 17.6 Å². The maximum absolute atomic E-state index is 13.9. The Bertz CT molecular complexity index is 1590. The van der Waals surface area contributed by atoms with E-state index in [0.29, 0.717) is 36.4 Å². The molecule has 1 aliphatic carbocycles. The van der Waals surface area contributed by atoms with Crippen LogP contribution in [-0.4, -0.2) is 5.78 Å². The molecule has 1 aliphatic heterocycles. The number of hydrogen-bond donors (Lipinski definition) is 1. The molecule has 0 amide bonds. The van der Waals surface area contributed by atoms with Gasteiger partial charge >= 0.3 is 0 Å². The van der Waals surface area contributed by atoms with Gasteiger partial charge < -0.3 is 10.5 Å². The normalized spacial score (nSPS) is 18.5. The third kappa shape index (κ3) is 5.27. The Morgan fingerprint density at radius 3 is 2.35 bits per heavy atom. The molecule has 0 fully saturated rings. The lowest BCUT2D eigenvalue weighted by Crippen LogP contribution is -2.42. The van der Waals surface area contributed by atoms with Crippen LogP contribution < -0.4 is 15.4 Å². The van der Waals surface area contributed by atoms with Crippen LogP contribution in [0.3, 0.4) is 0 Å². The molecule has 1 atom stereocenters. The number of benzene rings is 3. The summed E-state index contributed by atoms with van der Waals surface area (Å²) in [7, 11) is 0. The molecule has 0 bridgehead atoms. The molecule has 1 heterocycles. The Balaban J connectivity index is 1.65. The Morgan fingerprint density at radius 2 is 1.70 bits per heavy atom. The van der Waals surface area contributed by atoms with Gasteiger partial charge in [-0.3, -0.25) is 9.69 Å². The fourth-order valence-electron chi connectivity index (χ4n) is 5.88. The van der Waals surface area contributed by atoms with Crippen molar-refractivity contribution in [2.45, 2.75) is 60.0 Å². The van der Waals surface area contributed by atoms with Crippen LogP contribution in [0, 0.1) is 41.1 Å². The van der Waals surface area contributed by atoms with Gasteiger partial charge in [-0.1, -0.05) is 43.7 Å². The monoisotopic (exact) mass is 643 g/mol. The van der Waals surface area contributed by atoms with Crippen LogP contribution in [0.4, 0.5) is 5.69 Å². The van der Waals surface area contributed by atoms with Crippen LogP contribution >= 0.6 is 22.6 Å². The number of nitriles is 1. The van der Waals surface area contributed by atoms with Gasteiger partial charge in [0, 0.05) is 26.9 Å². The molecule has 3 aromatic rings. The Kier molecular flexibility index (Phi) is 7.54. The Labute approximate surface area is 250 Å².